The van der Waals surface area contributed by atoms with Crippen LogP contribution in [0, 0.1) is 18.3 Å². The van der Waals surface area contributed by atoms with Gasteiger partial charge in [0.2, 0.25) is 5.91 Å². The Morgan fingerprint density at radius 3 is 2.30 bits per heavy atom. The Balaban J connectivity index is 1.41. The normalized spacial score (nSPS) is 14.9. The number of hydrogen-bond acceptors (Lipinski definition) is 5. The number of para-hydroxylation sites is 1. The summed E-state index contributed by atoms with van der Waals surface area (Å²) in [6.07, 6.45) is 0. The van der Waals surface area contributed by atoms with Crippen LogP contribution in [0.15, 0.2) is 119 Å². The van der Waals surface area contributed by atoms with E-state index in [0.29, 0.717) is 27.6 Å². The highest BCUT2D eigenvalue weighted by Gasteiger charge is 2.35. The quantitative estimate of drug-likeness (QED) is 0.236. The van der Waals surface area contributed by atoms with Crippen molar-refractivity contribution in [3.63, 3.8) is 0 Å². The number of allylic oxidation sites excluding steroid dienone is 2. The Hall–Kier alpha value is -4.80. The number of hydrogen-bond donors (Lipinski definition) is 3. The summed E-state index contributed by atoms with van der Waals surface area (Å²) in [6, 6.07) is 33.1. The zero-order valence-electron chi connectivity index (χ0n) is 22.2. The molecule has 40 heavy (non-hydrogen) atoms. The van der Waals surface area contributed by atoms with Crippen molar-refractivity contribution < 1.29 is 9.59 Å². The van der Waals surface area contributed by atoms with Crippen LogP contribution in [-0.4, -0.2) is 17.6 Å². The smallest absolute Gasteiger partial charge is 0.254 e. The minimum absolute atomic E-state index is 0.0935. The van der Waals surface area contributed by atoms with E-state index in [2.05, 4.69) is 22.0 Å². The molecule has 1 aliphatic rings. The number of dihydropyridines is 1. The van der Waals surface area contributed by atoms with Crippen LogP contribution in [0.2, 0.25) is 0 Å². The van der Waals surface area contributed by atoms with Crippen molar-refractivity contribution in [2.45, 2.75) is 19.8 Å². The number of aryl methyl sites for hydroxylation is 1. The fraction of sp³-hybridized carbons (Fsp3) is 0.121. The van der Waals surface area contributed by atoms with Gasteiger partial charge < -0.3 is 16.0 Å². The molecule has 0 aromatic heterocycles. The third-order valence-electron chi connectivity index (χ3n) is 6.83. The van der Waals surface area contributed by atoms with Crippen LogP contribution in [0.5, 0.6) is 0 Å². The van der Waals surface area contributed by atoms with Crippen molar-refractivity contribution in [1.82, 2.24) is 5.32 Å². The number of nitrogens with one attached hydrogen (secondary N) is 3. The zero-order chi connectivity index (χ0) is 28.1. The molecule has 7 heteroatoms. The molecule has 0 radical (unpaired) electrons. The first-order valence-corrected chi connectivity index (χ1v) is 13.9. The predicted molar refractivity (Wildman–Crippen MR) is 163 cm³/mol. The fourth-order valence-corrected chi connectivity index (χ4v) is 5.76. The van der Waals surface area contributed by atoms with E-state index in [1.807, 2.05) is 111 Å². The largest absolute Gasteiger partial charge is 0.353 e. The average molecular weight is 545 g/mol. The van der Waals surface area contributed by atoms with Crippen LogP contribution in [-0.2, 0) is 9.59 Å². The van der Waals surface area contributed by atoms with E-state index in [-0.39, 0.29) is 17.6 Å². The van der Waals surface area contributed by atoms with Crippen LogP contribution in [0.4, 0.5) is 11.4 Å². The van der Waals surface area contributed by atoms with Gasteiger partial charge in [0.25, 0.3) is 5.91 Å². The van der Waals surface area contributed by atoms with Gasteiger partial charge in [0.15, 0.2) is 0 Å². The monoisotopic (exact) mass is 544 g/mol. The second-order valence-electron chi connectivity index (χ2n) is 9.49. The van der Waals surface area contributed by atoms with Gasteiger partial charge in [-0.3, -0.25) is 9.59 Å². The summed E-state index contributed by atoms with van der Waals surface area (Å²) in [5.74, 6) is -0.955. The van der Waals surface area contributed by atoms with E-state index in [1.54, 1.807) is 0 Å². The summed E-state index contributed by atoms with van der Waals surface area (Å²) in [6.45, 7) is 3.76. The van der Waals surface area contributed by atoms with E-state index >= 15 is 0 Å². The second kappa shape index (κ2) is 11.9. The number of benzene rings is 4. The predicted octanol–water partition coefficient (Wildman–Crippen LogP) is 6.85. The number of rotatable bonds is 7. The van der Waals surface area contributed by atoms with Crippen molar-refractivity contribution in [3.05, 3.63) is 130 Å². The third-order valence-corrected chi connectivity index (χ3v) is 7.85. The molecule has 0 spiro atoms. The molecule has 0 saturated heterocycles. The summed E-state index contributed by atoms with van der Waals surface area (Å²) in [5.41, 5.74) is 4.73. The summed E-state index contributed by atoms with van der Waals surface area (Å²) < 4.78 is 0. The van der Waals surface area contributed by atoms with E-state index in [4.69, 9.17) is 0 Å². The maximum Gasteiger partial charge on any atom is 0.254 e. The number of fused-ring (bicyclic) bond motifs is 1. The molecular formula is C33H28N4O2S. The van der Waals surface area contributed by atoms with Crippen LogP contribution >= 0.6 is 11.8 Å². The average Bonchev–Trinajstić information content (AvgIpc) is 2.97. The summed E-state index contributed by atoms with van der Waals surface area (Å²) in [5, 5.41) is 22.2. The van der Waals surface area contributed by atoms with E-state index in [0.717, 1.165) is 27.6 Å². The first-order chi connectivity index (χ1) is 19.5. The molecule has 3 N–H and O–H groups in total. The molecule has 5 rings (SSSR count). The Bertz CT molecular complexity index is 1700. The number of thioether (sulfide) groups is 1. The minimum atomic E-state index is -0.583. The van der Waals surface area contributed by atoms with E-state index in [9.17, 15) is 14.9 Å². The van der Waals surface area contributed by atoms with Gasteiger partial charge in [-0.2, -0.15) is 5.26 Å². The summed E-state index contributed by atoms with van der Waals surface area (Å²) in [4.78, 5) is 26.6. The minimum Gasteiger partial charge on any atom is -0.353 e. The molecule has 2 amide bonds. The maximum absolute atomic E-state index is 13.6. The van der Waals surface area contributed by atoms with Gasteiger partial charge in [0.05, 0.1) is 28.3 Å². The van der Waals surface area contributed by atoms with Crippen molar-refractivity contribution in [3.8, 4) is 6.07 Å². The molecule has 0 fully saturated rings. The molecule has 1 heterocycles. The Morgan fingerprint density at radius 2 is 1.52 bits per heavy atom. The Kier molecular flexibility index (Phi) is 7.99. The number of amides is 2. The lowest BCUT2D eigenvalue weighted by Gasteiger charge is -2.30. The molecule has 1 aliphatic heterocycles. The molecular weight excluding hydrogens is 516 g/mol. The molecule has 1 unspecified atom stereocenters. The highest BCUT2D eigenvalue weighted by molar-refractivity contribution is 8.03. The number of carbonyl (C=O) groups excluding carboxylic acids is 2. The van der Waals surface area contributed by atoms with Gasteiger partial charge >= 0.3 is 0 Å². The first kappa shape index (κ1) is 26.8. The highest BCUT2D eigenvalue weighted by Crippen LogP contribution is 2.41. The van der Waals surface area contributed by atoms with Gasteiger partial charge in [-0.25, -0.2) is 0 Å². The van der Waals surface area contributed by atoms with Gasteiger partial charge in [-0.15, -0.1) is 0 Å². The highest BCUT2D eigenvalue weighted by atomic mass is 32.2. The molecule has 4 aromatic rings. The van der Waals surface area contributed by atoms with Crippen LogP contribution in [0.25, 0.3) is 10.8 Å². The van der Waals surface area contributed by atoms with Crippen LogP contribution < -0.4 is 16.0 Å². The molecule has 6 nitrogen and oxygen atoms in total. The molecule has 1 atom stereocenters. The van der Waals surface area contributed by atoms with Gasteiger partial charge in [-0.05, 0) is 42.5 Å². The molecule has 0 aliphatic carbocycles. The zero-order valence-corrected chi connectivity index (χ0v) is 23.0. The summed E-state index contributed by atoms with van der Waals surface area (Å²) in [7, 11) is 0. The number of nitriles is 1. The van der Waals surface area contributed by atoms with Gasteiger partial charge in [0, 0.05) is 28.0 Å². The van der Waals surface area contributed by atoms with Crippen molar-refractivity contribution >= 4 is 45.7 Å². The lowest BCUT2D eigenvalue weighted by atomic mass is 9.82. The van der Waals surface area contributed by atoms with Gasteiger partial charge in [-0.1, -0.05) is 96.7 Å². The molecule has 198 valence electrons. The van der Waals surface area contributed by atoms with E-state index in [1.165, 1.54) is 11.8 Å². The number of nitrogens with zero attached hydrogens (tertiary/aromatic N) is 1. The SMILES string of the molecule is CC1=C(C(=O)Nc2ccccc2C)C(c2ccccc2)C(C#N)=C(SCC(=O)Nc2cccc3ccccc23)N1. The van der Waals surface area contributed by atoms with Crippen LogP contribution in [0.1, 0.15) is 24.0 Å². The van der Waals surface area contributed by atoms with Crippen molar-refractivity contribution in [1.29, 1.82) is 5.26 Å². The first-order valence-electron chi connectivity index (χ1n) is 12.9. The number of anilines is 2. The lowest BCUT2D eigenvalue weighted by Crippen LogP contribution is -2.31. The molecule has 4 aromatic carbocycles. The Morgan fingerprint density at radius 1 is 0.850 bits per heavy atom. The molecule has 0 bridgehead atoms. The van der Waals surface area contributed by atoms with E-state index < -0.39 is 5.92 Å². The summed E-state index contributed by atoms with van der Waals surface area (Å²) >= 11 is 1.25. The van der Waals surface area contributed by atoms with Crippen molar-refractivity contribution in [2.75, 3.05) is 16.4 Å². The van der Waals surface area contributed by atoms with Crippen LogP contribution in [0.3, 0.4) is 0 Å². The Labute approximate surface area is 237 Å². The topological polar surface area (TPSA) is 94.0 Å². The third kappa shape index (κ3) is 5.63. The van der Waals surface area contributed by atoms with Crippen molar-refractivity contribution in [2.24, 2.45) is 0 Å². The molecule has 0 saturated carbocycles. The lowest BCUT2D eigenvalue weighted by molar-refractivity contribution is -0.114. The standard InChI is InChI=1S/C33H28N4O2S/c1-21-11-6-9-17-27(21)37-32(39)30-22(2)35-33(26(19-34)31(30)24-13-4-3-5-14-24)40-20-29(38)36-28-18-10-15-23-12-7-8-16-25(23)28/h3-18,31,35H,20H2,1-2H3,(H,36,38)(H,37,39). The number of carbonyl (C=O) groups is 2. The second-order valence-corrected chi connectivity index (χ2v) is 10.5. The fourth-order valence-electron chi connectivity index (χ4n) is 4.87. The maximum atomic E-state index is 13.6. The van der Waals surface area contributed by atoms with Gasteiger partial charge in [0.1, 0.15) is 0 Å².